The molecule has 2 heterocycles. The van der Waals surface area contributed by atoms with Gasteiger partial charge in [0.15, 0.2) is 11.5 Å². The number of anilines is 2. The lowest BCUT2D eigenvalue weighted by molar-refractivity contribution is 0.0945. The molecule has 3 rings (SSSR count). The van der Waals surface area contributed by atoms with Crippen molar-refractivity contribution >= 4 is 40.6 Å². The van der Waals surface area contributed by atoms with Gasteiger partial charge in [-0.1, -0.05) is 29.3 Å². The highest BCUT2D eigenvalue weighted by Gasteiger charge is 2.10. The average molecular weight is 374 g/mol. The Morgan fingerprint density at radius 1 is 0.960 bits per heavy atom. The van der Waals surface area contributed by atoms with Gasteiger partial charge in [0.25, 0.3) is 5.91 Å². The van der Waals surface area contributed by atoms with Crippen LogP contribution in [0.3, 0.4) is 0 Å². The molecule has 2 aromatic heterocycles. The summed E-state index contributed by atoms with van der Waals surface area (Å²) in [4.78, 5) is 16.0. The van der Waals surface area contributed by atoms with Gasteiger partial charge in [0.05, 0.1) is 15.7 Å². The van der Waals surface area contributed by atoms with Crippen molar-refractivity contribution < 1.29 is 4.79 Å². The van der Waals surface area contributed by atoms with E-state index < -0.39 is 0 Å². The SMILES string of the molecule is O=C(NCc1ccncc1)c1ccc(Nc2c(Cl)cccc2Cl)nn1. The quantitative estimate of drug-likeness (QED) is 0.709. The first-order valence-electron chi connectivity index (χ1n) is 7.35. The molecule has 8 heteroatoms. The Morgan fingerprint density at radius 3 is 2.32 bits per heavy atom. The molecule has 126 valence electrons. The van der Waals surface area contributed by atoms with E-state index in [1.165, 1.54) is 0 Å². The van der Waals surface area contributed by atoms with E-state index in [0.717, 1.165) is 5.56 Å². The molecule has 3 aromatic rings. The number of carbonyl (C=O) groups excluding carboxylic acids is 1. The first-order valence-corrected chi connectivity index (χ1v) is 8.11. The molecule has 0 saturated carbocycles. The Bertz CT molecular complexity index is 852. The lowest BCUT2D eigenvalue weighted by Crippen LogP contribution is -2.24. The number of benzene rings is 1. The molecule has 1 amide bonds. The van der Waals surface area contributed by atoms with Crippen molar-refractivity contribution in [2.75, 3.05) is 5.32 Å². The van der Waals surface area contributed by atoms with Gasteiger partial charge in [-0.2, -0.15) is 0 Å². The Kier molecular flexibility index (Phi) is 5.42. The van der Waals surface area contributed by atoms with E-state index in [-0.39, 0.29) is 11.6 Å². The number of hydrogen-bond acceptors (Lipinski definition) is 5. The van der Waals surface area contributed by atoms with Crippen LogP contribution in [0.2, 0.25) is 10.0 Å². The van der Waals surface area contributed by atoms with Crippen LogP contribution in [0.15, 0.2) is 54.9 Å². The molecule has 0 unspecified atom stereocenters. The number of nitrogens with zero attached hydrogens (tertiary/aromatic N) is 3. The second-order valence-corrected chi connectivity index (χ2v) is 5.88. The van der Waals surface area contributed by atoms with Crippen LogP contribution >= 0.6 is 23.2 Å². The third-order valence-electron chi connectivity index (χ3n) is 3.32. The van der Waals surface area contributed by atoms with Crippen LogP contribution in [0.4, 0.5) is 11.5 Å². The second-order valence-electron chi connectivity index (χ2n) is 5.06. The summed E-state index contributed by atoms with van der Waals surface area (Å²) in [6.07, 6.45) is 3.34. The summed E-state index contributed by atoms with van der Waals surface area (Å²) in [6.45, 7) is 0.387. The molecule has 6 nitrogen and oxygen atoms in total. The number of para-hydroxylation sites is 1. The maximum absolute atomic E-state index is 12.1. The van der Waals surface area contributed by atoms with Crippen LogP contribution < -0.4 is 10.6 Å². The summed E-state index contributed by atoms with van der Waals surface area (Å²) in [6, 6.07) is 12.0. The summed E-state index contributed by atoms with van der Waals surface area (Å²) < 4.78 is 0. The number of halogens is 2. The molecule has 0 fully saturated rings. The molecule has 0 radical (unpaired) electrons. The summed E-state index contributed by atoms with van der Waals surface area (Å²) in [5.41, 5.74) is 1.70. The highest BCUT2D eigenvalue weighted by Crippen LogP contribution is 2.31. The number of rotatable bonds is 5. The zero-order chi connectivity index (χ0) is 17.6. The van der Waals surface area contributed by atoms with Crippen LogP contribution in [-0.4, -0.2) is 21.1 Å². The van der Waals surface area contributed by atoms with Crippen molar-refractivity contribution in [1.29, 1.82) is 0 Å². The van der Waals surface area contributed by atoms with Gasteiger partial charge in [0.1, 0.15) is 0 Å². The number of amides is 1. The van der Waals surface area contributed by atoms with Gasteiger partial charge in [0, 0.05) is 18.9 Å². The van der Waals surface area contributed by atoms with E-state index in [9.17, 15) is 4.79 Å². The predicted octanol–water partition coefficient (Wildman–Crippen LogP) is 3.85. The van der Waals surface area contributed by atoms with Crippen molar-refractivity contribution in [1.82, 2.24) is 20.5 Å². The molecular formula is C17H13Cl2N5O. The fraction of sp³-hybridized carbons (Fsp3) is 0.0588. The molecule has 0 spiro atoms. The maximum Gasteiger partial charge on any atom is 0.272 e. The van der Waals surface area contributed by atoms with E-state index in [1.807, 2.05) is 12.1 Å². The maximum atomic E-state index is 12.1. The number of hydrogen-bond donors (Lipinski definition) is 2. The van der Waals surface area contributed by atoms with Crippen molar-refractivity contribution in [3.63, 3.8) is 0 Å². The van der Waals surface area contributed by atoms with Gasteiger partial charge in [-0.3, -0.25) is 9.78 Å². The summed E-state index contributed by atoms with van der Waals surface area (Å²) in [5, 5.41) is 14.6. The molecule has 0 aliphatic rings. The highest BCUT2D eigenvalue weighted by molar-refractivity contribution is 6.39. The minimum absolute atomic E-state index is 0.213. The van der Waals surface area contributed by atoms with Crippen LogP contribution in [-0.2, 0) is 6.54 Å². The fourth-order valence-electron chi connectivity index (χ4n) is 2.04. The van der Waals surface area contributed by atoms with E-state index >= 15 is 0 Å². The van der Waals surface area contributed by atoms with Crippen LogP contribution in [0, 0.1) is 0 Å². The monoisotopic (exact) mass is 373 g/mol. The molecule has 0 aliphatic heterocycles. The molecule has 1 aromatic carbocycles. The molecule has 25 heavy (non-hydrogen) atoms. The molecule has 0 aliphatic carbocycles. The van der Waals surface area contributed by atoms with Crippen molar-refractivity contribution in [3.05, 3.63) is 76.2 Å². The number of aromatic nitrogens is 3. The first-order chi connectivity index (χ1) is 12.1. The van der Waals surface area contributed by atoms with Gasteiger partial charge in [-0.05, 0) is 42.0 Å². The largest absolute Gasteiger partial charge is 0.347 e. The molecular weight excluding hydrogens is 361 g/mol. The third-order valence-corrected chi connectivity index (χ3v) is 3.95. The summed E-state index contributed by atoms with van der Waals surface area (Å²) in [5.74, 6) is 0.118. The van der Waals surface area contributed by atoms with E-state index in [1.54, 1.807) is 42.7 Å². The summed E-state index contributed by atoms with van der Waals surface area (Å²) >= 11 is 12.2. The summed E-state index contributed by atoms with van der Waals surface area (Å²) in [7, 11) is 0. The van der Waals surface area contributed by atoms with E-state index in [0.29, 0.717) is 28.1 Å². The lowest BCUT2D eigenvalue weighted by atomic mass is 10.2. The van der Waals surface area contributed by atoms with E-state index in [2.05, 4.69) is 25.8 Å². The van der Waals surface area contributed by atoms with Crippen LogP contribution in [0.5, 0.6) is 0 Å². The molecule has 2 N–H and O–H groups in total. The van der Waals surface area contributed by atoms with Crippen molar-refractivity contribution in [3.8, 4) is 0 Å². The zero-order valence-electron chi connectivity index (χ0n) is 12.9. The standard InChI is InChI=1S/C17H13Cl2N5O/c18-12-2-1-3-13(19)16(12)22-15-5-4-14(23-24-15)17(25)21-10-11-6-8-20-9-7-11/h1-9H,10H2,(H,21,25)(H,22,24). The minimum atomic E-state index is -0.313. The normalized spacial score (nSPS) is 10.3. The number of carbonyl (C=O) groups is 1. The van der Waals surface area contributed by atoms with Crippen molar-refractivity contribution in [2.24, 2.45) is 0 Å². The third kappa shape index (κ3) is 4.43. The van der Waals surface area contributed by atoms with Crippen LogP contribution in [0.1, 0.15) is 16.1 Å². The number of pyridine rings is 1. The van der Waals surface area contributed by atoms with Crippen molar-refractivity contribution in [2.45, 2.75) is 6.54 Å². The Morgan fingerprint density at radius 2 is 1.68 bits per heavy atom. The molecule has 0 saturated heterocycles. The highest BCUT2D eigenvalue weighted by atomic mass is 35.5. The van der Waals surface area contributed by atoms with Gasteiger partial charge in [0.2, 0.25) is 0 Å². The predicted molar refractivity (Wildman–Crippen MR) is 97.2 cm³/mol. The topological polar surface area (TPSA) is 79.8 Å². The average Bonchev–Trinajstić information content (AvgIpc) is 2.64. The smallest absolute Gasteiger partial charge is 0.272 e. The fourth-order valence-corrected chi connectivity index (χ4v) is 2.53. The second kappa shape index (κ2) is 7.92. The van der Waals surface area contributed by atoms with Crippen LogP contribution in [0.25, 0.3) is 0 Å². The van der Waals surface area contributed by atoms with E-state index in [4.69, 9.17) is 23.2 Å². The Balaban J connectivity index is 1.64. The molecule has 0 bridgehead atoms. The zero-order valence-corrected chi connectivity index (χ0v) is 14.4. The van der Waals surface area contributed by atoms with Gasteiger partial charge >= 0.3 is 0 Å². The Labute approximate surface area is 154 Å². The lowest BCUT2D eigenvalue weighted by Gasteiger charge is -2.09. The number of nitrogens with one attached hydrogen (secondary N) is 2. The minimum Gasteiger partial charge on any atom is -0.347 e. The van der Waals surface area contributed by atoms with Gasteiger partial charge < -0.3 is 10.6 Å². The Hall–Kier alpha value is -2.70. The van der Waals surface area contributed by atoms with Gasteiger partial charge in [-0.15, -0.1) is 10.2 Å². The van der Waals surface area contributed by atoms with Gasteiger partial charge in [-0.25, -0.2) is 0 Å². The molecule has 0 atom stereocenters. The first kappa shape index (κ1) is 17.1.